The lowest BCUT2D eigenvalue weighted by Gasteiger charge is -2.13. The summed E-state index contributed by atoms with van der Waals surface area (Å²) in [5.74, 6) is -0.990. The summed E-state index contributed by atoms with van der Waals surface area (Å²) >= 11 is 0. The van der Waals surface area contributed by atoms with Crippen molar-refractivity contribution in [2.24, 2.45) is 5.73 Å². The summed E-state index contributed by atoms with van der Waals surface area (Å²) < 4.78 is 28.1. The average Bonchev–Trinajstić information content (AvgIpc) is 2.67. The Balaban J connectivity index is 2.19. The van der Waals surface area contributed by atoms with Gasteiger partial charge in [-0.3, -0.25) is 4.68 Å². The number of hydrogen-bond donors (Lipinski definition) is 1. The number of benzene rings is 1. The summed E-state index contributed by atoms with van der Waals surface area (Å²) in [5.41, 5.74) is 7.00. The van der Waals surface area contributed by atoms with Gasteiger partial charge in [0.15, 0.2) is 0 Å². The highest BCUT2D eigenvalue weighted by Gasteiger charge is 2.13. The highest BCUT2D eigenvalue weighted by Crippen LogP contribution is 2.17. The number of nitrogens with two attached hydrogens (primary N) is 1. The first-order valence-electron chi connectivity index (χ1n) is 5.26. The van der Waals surface area contributed by atoms with E-state index in [0.717, 1.165) is 23.8 Å². The average molecular weight is 237 g/mol. The smallest absolute Gasteiger partial charge is 0.128 e. The molecule has 5 heteroatoms. The Morgan fingerprint density at radius 2 is 2.18 bits per heavy atom. The minimum Gasteiger partial charge on any atom is -0.322 e. The predicted molar refractivity (Wildman–Crippen MR) is 60.3 cm³/mol. The minimum absolute atomic E-state index is 0.165. The summed E-state index contributed by atoms with van der Waals surface area (Å²) in [7, 11) is 0. The quantitative estimate of drug-likeness (QED) is 0.889. The van der Waals surface area contributed by atoms with Gasteiger partial charge in [0, 0.05) is 11.8 Å². The van der Waals surface area contributed by atoms with E-state index in [-0.39, 0.29) is 5.56 Å². The van der Waals surface area contributed by atoms with Crippen molar-refractivity contribution in [1.82, 2.24) is 9.78 Å². The largest absolute Gasteiger partial charge is 0.322 e. The van der Waals surface area contributed by atoms with Gasteiger partial charge >= 0.3 is 0 Å². The van der Waals surface area contributed by atoms with Crippen LogP contribution in [-0.2, 0) is 6.54 Å². The molecule has 3 nitrogen and oxygen atoms in total. The molecule has 0 radical (unpaired) electrons. The van der Waals surface area contributed by atoms with Crippen LogP contribution in [0.1, 0.15) is 17.2 Å². The van der Waals surface area contributed by atoms with Crippen LogP contribution >= 0.6 is 0 Å². The number of nitrogens with zero attached hydrogens (tertiary/aromatic N) is 2. The molecule has 1 heterocycles. The van der Waals surface area contributed by atoms with Crippen molar-refractivity contribution in [2.45, 2.75) is 19.5 Å². The topological polar surface area (TPSA) is 43.8 Å². The lowest BCUT2D eigenvalue weighted by Crippen LogP contribution is -2.19. The zero-order chi connectivity index (χ0) is 12.4. The van der Waals surface area contributed by atoms with Crippen LogP contribution in [0, 0.1) is 18.6 Å². The van der Waals surface area contributed by atoms with Gasteiger partial charge in [0.05, 0.1) is 18.8 Å². The normalized spacial score (nSPS) is 12.7. The molecular weight excluding hydrogens is 224 g/mol. The van der Waals surface area contributed by atoms with Crippen molar-refractivity contribution in [2.75, 3.05) is 0 Å². The number of hydrogen-bond acceptors (Lipinski definition) is 2. The van der Waals surface area contributed by atoms with Crippen molar-refractivity contribution in [3.8, 4) is 0 Å². The van der Waals surface area contributed by atoms with E-state index in [1.165, 1.54) is 0 Å². The Kier molecular flexibility index (Phi) is 3.19. The second kappa shape index (κ2) is 4.63. The van der Waals surface area contributed by atoms with Crippen molar-refractivity contribution < 1.29 is 8.78 Å². The fourth-order valence-electron chi connectivity index (χ4n) is 1.67. The molecule has 0 saturated heterocycles. The monoisotopic (exact) mass is 237 g/mol. The van der Waals surface area contributed by atoms with E-state index >= 15 is 0 Å². The highest BCUT2D eigenvalue weighted by atomic mass is 19.1. The number of aryl methyl sites for hydroxylation is 1. The molecule has 1 atom stereocenters. The fourth-order valence-corrected chi connectivity index (χ4v) is 1.67. The van der Waals surface area contributed by atoms with E-state index in [0.29, 0.717) is 6.54 Å². The summed E-state index contributed by atoms with van der Waals surface area (Å²) in [4.78, 5) is 0. The van der Waals surface area contributed by atoms with Crippen molar-refractivity contribution in [3.05, 3.63) is 53.4 Å². The molecule has 0 aliphatic heterocycles. The molecule has 0 saturated carbocycles. The van der Waals surface area contributed by atoms with E-state index in [4.69, 9.17) is 5.73 Å². The summed E-state index contributed by atoms with van der Waals surface area (Å²) in [5, 5.41) is 4.05. The third-order valence-electron chi connectivity index (χ3n) is 2.50. The number of rotatable bonds is 3. The van der Waals surface area contributed by atoms with Crippen LogP contribution in [-0.4, -0.2) is 9.78 Å². The van der Waals surface area contributed by atoms with Crippen LogP contribution in [0.15, 0.2) is 30.6 Å². The molecule has 2 N–H and O–H groups in total. The third kappa shape index (κ3) is 2.68. The molecule has 0 spiro atoms. The van der Waals surface area contributed by atoms with Gasteiger partial charge in [-0.25, -0.2) is 8.78 Å². The van der Waals surface area contributed by atoms with Gasteiger partial charge in [0.1, 0.15) is 11.6 Å². The first kappa shape index (κ1) is 11.7. The standard InChI is InChI=1S/C12H13F2N3/c1-8-5-16-17(6-8)7-12(15)10-4-9(13)2-3-11(10)14/h2-6,12H,7,15H2,1H3. The Hall–Kier alpha value is -1.75. The molecule has 90 valence electrons. The molecule has 0 amide bonds. The molecule has 0 aliphatic rings. The second-order valence-electron chi connectivity index (χ2n) is 4.01. The summed E-state index contributed by atoms with van der Waals surface area (Å²) in [6, 6.07) is 2.66. The van der Waals surface area contributed by atoms with E-state index in [1.54, 1.807) is 17.1 Å². The van der Waals surface area contributed by atoms with Crippen LogP contribution in [0.5, 0.6) is 0 Å². The molecular formula is C12H13F2N3. The molecule has 1 aromatic carbocycles. The highest BCUT2D eigenvalue weighted by molar-refractivity contribution is 5.22. The van der Waals surface area contributed by atoms with Crippen molar-refractivity contribution >= 4 is 0 Å². The number of halogens is 2. The zero-order valence-electron chi connectivity index (χ0n) is 9.40. The maximum Gasteiger partial charge on any atom is 0.128 e. The Morgan fingerprint density at radius 3 is 2.82 bits per heavy atom. The second-order valence-corrected chi connectivity index (χ2v) is 4.01. The molecule has 0 fully saturated rings. The third-order valence-corrected chi connectivity index (χ3v) is 2.50. The molecule has 0 bridgehead atoms. The van der Waals surface area contributed by atoms with Crippen LogP contribution < -0.4 is 5.73 Å². The van der Waals surface area contributed by atoms with Crippen molar-refractivity contribution in [1.29, 1.82) is 0 Å². The van der Waals surface area contributed by atoms with Gasteiger partial charge in [-0.15, -0.1) is 0 Å². The summed E-state index contributed by atoms with van der Waals surface area (Å²) in [6.45, 7) is 2.21. The maximum atomic E-state index is 13.5. The molecule has 2 aromatic rings. The first-order valence-corrected chi connectivity index (χ1v) is 5.26. The fraction of sp³-hybridized carbons (Fsp3) is 0.250. The van der Waals surface area contributed by atoms with Gasteiger partial charge in [-0.2, -0.15) is 5.10 Å². The zero-order valence-corrected chi connectivity index (χ0v) is 9.40. The van der Waals surface area contributed by atoms with Crippen LogP contribution in [0.2, 0.25) is 0 Å². The molecule has 1 unspecified atom stereocenters. The lowest BCUT2D eigenvalue weighted by atomic mass is 10.1. The van der Waals surface area contributed by atoms with Crippen LogP contribution in [0.3, 0.4) is 0 Å². The Labute approximate surface area is 97.9 Å². The Bertz CT molecular complexity index is 522. The number of aromatic nitrogens is 2. The van der Waals surface area contributed by atoms with Gasteiger partial charge in [0.25, 0.3) is 0 Å². The van der Waals surface area contributed by atoms with E-state index in [9.17, 15) is 8.78 Å². The molecule has 0 aliphatic carbocycles. The van der Waals surface area contributed by atoms with E-state index < -0.39 is 17.7 Å². The van der Waals surface area contributed by atoms with Gasteiger partial charge in [0.2, 0.25) is 0 Å². The molecule has 17 heavy (non-hydrogen) atoms. The lowest BCUT2D eigenvalue weighted by molar-refractivity contribution is 0.495. The summed E-state index contributed by atoms with van der Waals surface area (Å²) in [6.07, 6.45) is 3.49. The Morgan fingerprint density at radius 1 is 1.41 bits per heavy atom. The molecule has 1 aromatic heterocycles. The SMILES string of the molecule is Cc1cnn(CC(N)c2cc(F)ccc2F)c1. The maximum absolute atomic E-state index is 13.5. The molecule has 2 rings (SSSR count). The van der Waals surface area contributed by atoms with Crippen LogP contribution in [0.4, 0.5) is 8.78 Å². The predicted octanol–water partition coefficient (Wildman–Crippen LogP) is 2.17. The first-order chi connectivity index (χ1) is 8.06. The van der Waals surface area contributed by atoms with Crippen LogP contribution in [0.25, 0.3) is 0 Å². The van der Waals surface area contributed by atoms with Gasteiger partial charge < -0.3 is 5.73 Å². The van der Waals surface area contributed by atoms with E-state index in [1.807, 2.05) is 6.92 Å². The van der Waals surface area contributed by atoms with E-state index in [2.05, 4.69) is 5.10 Å². The minimum atomic E-state index is -0.620. The van der Waals surface area contributed by atoms with Crippen molar-refractivity contribution in [3.63, 3.8) is 0 Å². The van der Waals surface area contributed by atoms with Gasteiger partial charge in [-0.1, -0.05) is 0 Å². The van der Waals surface area contributed by atoms with Gasteiger partial charge in [-0.05, 0) is 30.7 Å².